The van der Waals surface area contributed by atoms with Crippen molar-refractivity contribution in [3.8, 4) is 0 Å². The van der Waals surface area contributed by atoms with Crippen molar-refractivity contribution in [3.05, 3.63) is 35.9 Å². The van der Waals surface area contributed by atoms with Gasteiger partial charge in [0.15, 0.2) is 0 Å². The van der Waals surface area contributed by atoms with Gasteiger partial charge in [-0.25, -0.2) is 0 Å². The van der Waals surface area contributed by atoms with Crippen LogP contribution in [-0.4, -0.2) is 36.0 Å². The van der Waals surface area contributed by atoms with Gasteiger partial charge in [-0.1, -0.05) is 44.2 Å². The van der Waals surface area contributed by atoms with E-state index >= 15 is 0 Å². The monoisotopic (exact) mass is 302 g/mol. The van der Waals surface area contributed by atoms with E-state index in [1.54, 1.807) is 0 Å². The Hall–Kier alpha value is -1.35. The fraction of sp³-hybridized carbons (Fsp3) is 0.632. The van der Waals surface area contributed by atoms with Crippen LogP contribution >= 0.6 is 0 Å². The summed E-state index contributed by atoms with van der Waals surface area (Å²) in [5, 5.41) is 3.15. The zero-order chi connectivity index (χ0) is 16.2. The number of carbonyl (C=O) groups is 1. The Morgan fingerprint density at radius 2 is 1.68 bits per heavy atom. The first-order valence-corrected chi connectivity index (χ1v) is 8.39. The van der Waals surface area contributed by atoms with Crippen LogP contribution in [0.15, 0.2) is 30.3 Å². The lowest BCUT2D eigenvalue weighted by molar-refractivity contribution is -0.122. The summed E-state index contributed by atoms with van der Waals surface area (Å²) < 4.78 is 0. The van der Waals surface area contributed by atoms with Crippen LogP contribution in [0.3, 0.4) is 0 Å². The maximum absolute atomic E-state index is 12.4. The van der Waals surface area contributed by atoms with Crippen LogP contribution in [0.1, 0.15) is 52.5 Å². The summed E-state index contributed by atoms with van der Waals surface area (Å²) in [7, 11) is 0. The van der Waals surface area contributed by atoms with Crippen LogP contribution in [0.25, 0.3) is 0 Å². The normalized spacial score (nSPS) is 16.7. The lowest BCUT2D eigenvalue weighted by Crippen LogP contribution is -2.50. The van der Waals surface area contributed by atoms with Gasteiger partial charge in [-0.3, -0.25) is 9.69 Å². The Morgan fingerprint density at radius 1 is 1.09 bits per heavy atom. The predicted molar refractivity (Wildman–Crippen MR) is 92.0 cm³/mol. The minimum atomic E-state index is -0.136. The molecule has 22 heavy (non-hydrogen) atoms. The van der Waals surface area contributed by atoms with Gasteiger partial charge in [-0.2, -0.15) is 0 Å². The highest BCUT2D eigenvalue weighted by atomic mass is 16.1. The molecule has 1 aromatic rings. The summed E-state index contributed by atoms with van der Waals surface area (Å²) in [5.74, 6) is 0.140. The van der Waals surface area contributed by atoms with Crippen molar-refractivity contribution in [2.75, 3.05) is 19.6 Å². The number of likely N-dealkylation sites (tertiary alicyclic amines) is 1. The second kappa shape index (κ2) is 6.82. The Kier molecular flexibility index (Phi) is 5.28. The number of nitrogens with one attached hydrogen (secondary N) is 1. The molecule has 2 rings (SSSR count). The average Bonchev–Trinajstić information content (AvgIpc) is 3.01. The second-order valence-corrected chi connectivity index (χ2v) is 7.71. The van der Waals surface area contributed by atoms with Gasteiger partial charge < -0.3 is 5.32 Å². The van der Waals surface area contributed by atoms with Crippen LogP contribution < -0.4 is 5.32 Å². The van der Waals surface area contributed by atoms with Gasteiger partial charge in [-0.15, -0.1) is 0 Å². The van der Waals surface area contributed by atoms with E-state index in [4.69, 9.17) is 0 Å². The molecule has 0 saturated carbocycles. The number of carbonyl (C=O) groups excluding carboxylic acids is 1. The van der Waals surface area contributed by atoms with Crippen molar-refractivity contribution < 1.29 is 4.79 Å². The van der Waals surface area contributed by atoms with E-state index in [2.05, 4.69) is 50.0 Å². The molecule has 1 aliphatic heterocycles. The standard InChI is InChI=1S/C19H30N2O/c1-18(2,16-10-6-5-7-11-16)14-17(22)20-15-19(3,4)21-12-8-9-13-21/h5-7,10-11H,8-9,12-15H2,1-4H3,(H,20,22). The van der Waals surface area contributed by atoms with E-state index < -0.39 is 0 Å². The molecule has 3 heteroatoms. The number of amides is 1. The van der Waals surface area contributed by atoms with E-state index in [-0.39, 0.29) is 16.9 Å². The van der Waals surface area contributed by atoms with Gasteiger partial charge in [0, 0.05) is 18.5 Å². The summed E-state index contributed by atoms with van der Waals surface area (Å²) in [4.78, 5) is 14.8. The molecule has 1 heterocycles. The lowest BCUT2D eigenvalue weighted by atomic mass is 9.81. The van der Waals surface area contributed by atoms with Crippen molar-refractivity contribution in [2.24, 2.45) is 0 Å². The average molecular weight is 302 g/mol. The molecule has 0 unspecified atom stereocenters. The van der Waals surface area contributed by atoms with Crippen molar-refractivity contribution >= 4 is 5.91 Å². The third-order valence-electron chi connectivity index (χ3n) is 4.84. The van der Waals surface area contributed by atoms with Gasteiger partial charge in [0.2, 0.25) is 5.91 Å². The minimum absolute atomic E-state index is 0.0447. The van der Waals surface area contributed by atoms with E-state index in [0.29, 0.717) is 6.42 Å². The molecule has 0 spiro atoms. The lowest BCUT2D eigenvalue weighted by Gasteiger charge is -2.36. The smallest absolute Gasteiger partial charge is 0.220 e. The van der Waals surface area contributed by atoms with Crippen molar-refractivity contribution in [3.63, 3.8) is 0 Å². The fourth-order valence-corrected chi connectivity index (χ4v) is 3.20. The Balaban J connectivity index is 1.87. The number of benzene rings is 1. The summed E-state index contributed by atoms with van der Waals surface area (Å²) in [6.45, 7) is 11.7. The van der Waals surface area contributed by atoms with Gasteiger partial charge in [0.05, 0.1) is 0 Å². The third kappa shape index (κ3) is 4.33. The zero-order valence-corrected chi connectivity index (χ0v) is 14.5. The number of hydrogen-bond donors (Lipinski definition) is 1. The van der Waals surface area contributed by atoms with Crippen LogP contribution in [0, 0.1) is 0 Å². The molecule has 0 atom stereocenters. The molecule has 1 amide bonds. The highest BCUT2D eigenvalue weighted by molar-refractivity contribution is 5.77. The van der Waals surface area contributed by atoms with Gasteiger partial charge in [0.25, 0.3) is 0 Å². The molecule has 0 aliphatic carbocycles. The molecule has 1 N–H and O–H groups in total. The Labute approximate surface area is 135 Å². The highest BCUT2D eigenvalue weighted by Gasteiger charge is 2.30. The molecule has 1 aromatic carbocycles. The topological polar surface area (TPSA) is 32.3 Å². The van der Waals surface area contributed by atoms with Gasteiger partial charge in [-0.05, 0) is 50.8 Å². The van der Waals surface area contributed by atoms with Crippen molar-refractivity contribution in [2.45, 2.75) is 57.9 Å². The molecule has 1 fully saturated rings. The molecule has 3 nitrogen and oxygen atoms in total. The quantitative estimate of drug-likeness (QED) is 0.874. The van der Waals surface area contributed by atoms with Crippen LogP contribution in [0.2, 0.25) is 0 Å². The van der Waals surface area contributed by atoms with E-state index in [1.165, 1.54) is 18.4 Å². The third-order valence-corrected chi connectivity index (χ3v) is 4.84. The maximum Gasteiger partial charge on any atom is 0.220 e. The summed E-state index contributed by atoms with van der Waals surface area (Å²) in [6, 6.07) is 10.3. The molecule has 1 aliphatic rings. The van der Waals surface area contributed by atoms with Gasteiger partial charge >= 0.3 is 0 Å². The second-order valence-electron chi connectivity index (χ2n) is 7.71. The molecular formula is C19H30N2O. The molecule has 0 radical (unpaired) electrons. The van der Waals surface area contributed by atoms with Crippen LogP contribution in [0.4, 0.5) is 0 Å². The Morgan fingerprint density at radius 3 is 2.27 bits per heavy atom. The number of rotatable bonds is 6. The van der Waals surface area contributed by atoms with E-state index in [0.717, 1.165) is 19.6 Å². The van der Waals surface area contributed by atoms with Crippen LogP contribution in [-0.2, 0) is 10.2 Å². The van der Waals surface area contributed by atoms with Crippen LogP contribution in [0.5, 0.6) is 0 Å². The fourth-order valence-electron chi connectivity index (χ4n) is 3.20. The highest BCUT2D eigenvalue weighted by Crippen LogP contribution is 2.27. The van der Waals surface area contributed by atoms with Gasteiger partial charge in [0.1, 0.15) is 0 Å². The first-order chi connectivity index (χ1) is 10.3. The molecule has 0 bridgehead atoms. The first kappa shape index (κ1) is 17.0. The molecular weight excluding hydrogens is 272 g/mol. The summed E-state index contributed by atoms with van der Waals surface area (Å²) >= 11 is 0. The Bertz CT molecular complexity index is 487. The van der Waals surface area contributed by atoms with E-state index in [9.17, 15) is 4.79 Å². The van der Waals surface area contributed by atoms with Crippen molar-refractivity contribution in [1.82, 2.24) is 10.2 Å². The SMILES string of the molecule is CC(C)(CC(=O)NCC(C)(C)N1CCCC1)c1ccccc1. The number of nitrogens with zero attached hydrogens (tertiary/aromatic N) is 1. The number of hydrogen-bond acceptors (Lipinski definition) is 2. The molecule has 0 aromatic heterocycles. The predicted octanol–water partition coefficient (Wildman–Crippen LogP) is 3.34. The van der Waals surface area contributed by atoms with E-state index in [1.807, 2.05) is 18.2 Å². The van der Waals surface area contributed by atoms with Crippen molar-refractivity contribution in [1.29, 1.82) is 0 Å². The zero-order valence-electron chi connectivity index (χ0n) is 14.5. The summed E-state index contributed by atoms with van der Waals surface area (Å²) in [5.41, 5.74) is 1.12. The first-order valence-electron chi connectivity index (χ1n) is 8.39. The summed E-state index contributed by atoms with van der Waals surface area (Å²) in [6.07, 6.45) is 3.07. The largest absolute Gasteiger partial charge is 0.354 e. The maximum atomic E-state index is 12.4. The molecule has 1 saturated heterocycles. The minimum Gasteiger partial charge on any atom is -0.354 e. The molecule has 122 valence electrons.